The van der Waals surface area contributed by atoms with Crippen molar-refractivity contribution in [1.82, 2.24) is 9.80 Å². The zero-order chi connectivity index (χ0) is 46.1. The van der Waals surface area contributed by atoms with Crippen molar-refractivity contribution in [1.29, 1.82) is 0 Å². The Hall–Kier alpha value is -5.84. The molecular weight excluding hydrogens is 861 g/mol. The molecule has 2 heterocycles. The molecule has 6 aromatic carbocycles. The van der Waals surface area contributed by atoms with Gasteiger partial charge in [0.2, 0.25) is 0 Å². The fourth-order valence-corrected chi connectivity index (χ4v) is 8.64. The third-order valence-corrected chi connectivity index (χ3v) is 12.0. The molecule has 2 atom stereocenters. The van der Waals surface area contributed by atoms with Crippen LogP contribution in [0.1, 0.15) is 94.2 Å². The number of fused-ring (bicyclic) bond motifs is 2. The maximum absolute atomic E-state index is 11.0. The van der Waals surface area contributed by atoms with Crippen molar-refractivity contribution in [3.8, 4) is 35.2 Å². The normalized spacial score (nSPS) is 13.8. The number of nitrogens with zero attached hydrogens (tertiary/aromatic N) is 2. The fourth-order valence-electron chi connectivity index (χ4n) is 8.64. The maximum Gasteiger partial charge on any atom is 2.00 e. The molecule has 336 valence electrons. The third kappa shape index (κ3) is 15.6. The summed E-state index contributed by atoms with van der Waals surface area (Å²) in [5.74, 6) is 10.0. The molecule has 6 aromatic rings. The molecule has 2 aliphatic rings. The Kier molecular flexibility index (Phi) is 19.6. The average Bonchev–Trinajstić information content (AvgIpc) is 3.33. The smallest absolute Gasteiger partial charge is 0.550 e. The molecule has 0 N–H and O–H groups in total. The molecule has 0 amide bonds. The predicted molar refractivity (Wildman–Crippen MR) is 260 cm³/mol. The molecule has 8 rings (SSSR count). The summed E-state index contributed by atoms with van der Waals surface area (Å²) in [4.78, 5) is 26.9. The number of benzene rings is 6. The number of ether oxygens (including phenoxy) is 2. The van der Waals surface area contributed by atoms with Crippen LogP contribution in [0.5, 0.6) is 11.5 Å². The molecule has 2 aliphatic heterocycles. The van der Waals surface area contributed by atoms with E-state index in [1.807, 2.05) is 48.5 Å². The summed E-state index contributed by atoms with van der Waals surface area (Å²) in [5.41, 5.74) is 12.3. The molecule has 9 heteroatoms. The van der Waals surface area contributed by atoms with Gasteiger partial charge in [-0.05, 0) is 107 Å². The Morgan fingerprint density at radius 2 is 0.896 bits per heavy atom. The number of carbonyl (C=O) groups excluding carboxylic acids is 2. The molecule has 0 spiro atoms. The van der Waals surface area contributed by atoms with Crippen molar-refractivity contribution in [2.24, 2.45) is 0 Å². The van der Waals surface area contributed by atoms with Gasteiger partial charge in [-0.15, -0.1) is 11.8 Å². The molecule has 0 saturated heterocycles. The fraction of sp³-hybridized carbons (Fsp3) is 0.276. The van der Waals surface area contributed by atoms with Gasteiger partial charge in [0.1, 0.15) is 24.7 Å². The van der Waals surface area contributed by atoms with Gasteiger partial charge in [0.05, 0.1) is 11.8 Å². The molecule has 0 bridgehead atoms. The zero-order valence-electron chi connectivity index (χ0n) is 38.5. The summed E-state index contributed by atoms with van der Waals surface area (Å²) in [6, 6.07) is 49.5. The summed E-state index contributed by atoms with van der Waals surface area (Å²) in [7, 11) is 0. The Labute approximate surface area is 426 Å². The summed E-state index contributed by atoms with van der Waals surface area (Å²) >= 11 is 0. The van der Waals surface area contributed by atoms with Crippen molar-refractivity contribution < 1.29 is 29.3 Å². The van der Waals surface area contributed by atoms with E-state index >= 15 is 0 Å². The van der Waals surface area contributed by atoms with E-state index in [0.29, 0.717) is 13.2 Å². The molecule has 0 fully saturated rings. The van der Waals surface area contributed by atoms with Gasteiger partial charge in [0, 0.05) is 64.0 Å². The van der Waals surface area contributed by atoms with E-state index in [4.69, 9.17) is 9.47 Å². The number of aliphatic carboxylic acids is 2. The van der Waals surface area contributed by atoms with Gasteiger partial charge in [0.15, 0.2) is 0 Å². The van der Waals surface area contributed by atoms with E-state index in [-0.39, 0.29) is 62.4 Å². The van der Waals surface area contributed by atoms with E-state index in [9.17, 15) is 19.8 Å². The van der Waals surface area contributed by atoms with Gasteiger partial charge >= 0.3 is 37.7 Å². The van der Waals surface area contributed by atoms with E-state index in [0.717, 1.165) is 85.9 Å². The molecular formula is C58H56CaN2O6. The minimum absolute atomic E-state index is 0. The quantitative estimate of drug-likeness (QED) is 0.0718. The van der Waals surface area contributed by atoms with Crippen LogP contribution in [0, 0.1) is 23.7 Å². The van der Waals surface area contributed by atoms with E-state index in [2.05, 4.69) is 131 Å². The number of hydrogen-bond acceptors (Lipinski definition) is 8. The minimum Gasteiger partial charge on any atom is -0.550 e. The molecule has 0 saturated carbocycles. The largest absolute Gasteiger partial charge is 2.00 e. The van der Waals surface area contributed by atoms with Gasteiger partial charge in [-0.25, -0.2) is 0 Å². The molecule has 67 heavy (non-hydrogen) atoms. The standard InChI is InChI=1S/2C29H29NO3.Ca/c2*1-2-6-26(18-29(31)32)25-11-13-28(14-12-25)33-21-23-8-5-7-22(17-23)19-30-16-15-24-9-3-4-10-27(24)20-30;/h2*3-5,7-14,17,26H,15-16,18-21H2,1H3,(H,31,32);/q;;+2/p-2/t2*26-;/m00./s1. The molecule has 8 nitrogen and oxygen atoms in total. The van der Waals surface area contributed by atoms with E-state index in [1.54, 1.807) is 13.8 Å². The second kappa shape index (κ2) is 25.9. The maximum atomic E-state index is 11.0. The topological polar surface area (TPSA) is 105 Å². The van der Waals surface area contributed by atoms with Crippen LogP contribution in [0.2, 0.25) is 0 Å². The molecule has 0 unspecified atom stereocenters. The number of carboxylic acid groups (broad SMARTS) is 2. The molecule has 0 aliphatic carbocycles. The van der Waals surface area contributed by atoms with E-state index in [1.165, 1.54) is 33.4 Å². The van der Waals surface area contributed by atoms with Crippen LogP contribution in [0.3, 0.4) is 0 Å². The van der Waals surface area contributed by atoms with Crippen LogP contribution in [0.15, 0.2) is 146 Å². The predicted octanol–water partition coefficient (Wildman–Crippen LogP) is 7.76. The first-order valence-corrected chi connectivity index (χ1v) is 22.6. The Bertz CT molecular complexity index is 2510. The number of carboxylic acids is 2. The van der Waals surface area contributed by atoms with E-state index < -0.39 is 11.9 Å². The molecule has 0 aromatic heterocycles. The second-order valence-corrected chi connectivity index (χ2v) is 16.9. The van der Waals surface area contributed by atoms with Crippen LogP contribution in [-0.4, -0.2) is 72.6 Å². The van der Waals surface area contributed by atoms with Crippen LogP contribution in [0.25, 0.3) is 0 Å². The van der Waals surface area contributed by atoms with Crippen molar-refractivity contribution in [3.63, 3.8) is 0 Å². The van der Waals surface area contributed by atoms with Gasteiger partial charge < -0.3 is 29.3 Å². The summed E-state index contributed by atoms with van der Waals surface area (Å²) < 4.78 is 12.0. The number of carbonyl (C=O) groups is 2. The van der Waals surface area contributed by atoms with Crippen LogP contribution >= 0.6 is 0 Å². The number of rotatable bonds is 16. The third-order valence-electron chi connectivity index (χ3n) is 12.0. The minimum atomic E-state index is -1.10. The zero-order valence-corrected chi connectivity index (χ0v) is 40.8. The monoisotopic (exact) mass is 916 g/mol. The van der Waals surface area contributed by atoms with Gasteiger partial charge in [-0.3, -0.25) is 9.80 Å². The van der Waals surface area contributed by atoms with Crippen molar-refractivity contribution in [3.05, 3.63) is 201 Å². The van der Waals surface area contributed by atoms with Crippen molar-refractivity contribution in [2.75, 3.05) is 13.1 Å². The first kappa shape index (κ1) is 50.6. The first-order chi connectivity index (χ1) is 32.2. The van der Waals surface area contributed by atoms with Crippen LogP contribution in [-0.2, 0) is 61.8 Å². The van der Waals surface area contributed by atoms with Gasteiger partial charge in [0.25, 0.3) is 0 Å². The SMILES string of the molecule is CC#C[C@@H](CC(=O)[O-])c1ccc(OCc2cccc(CN3CCc4ccccc4C3)c2)cc1.CC#C[C@@H](CC(=O)[O-])c1ccc(OCc2cccc(CN3CCc4ccccc4C3)c2)cc1.[Ca+2]. The summed E-state index contributed by atoms with van der Waals surface area (Å²) in [6.45, 7) is 10.4. The summed E-state index contributed by atoms with van der Waals surface area (Å²) in [5, 5.41) is 22.0. The van der Waals surface area contributed by atoms with Gasteiger partial charge in [-0.2, -0.15) is 0 Å². The number of hydrogen-bond donors (Lipinski definition) is 0. The van der Waals surface area contributed by atoms with Crippen molar-refractivity contribution in [2.45, 2.75) is 90.8 Å². The van der Waals surface area contributed by atoms with Crippen molar-refractivity contribution >= 4 is 49.7 Å². The van der Waals surface area contributed by atoms with Crippen LogP contribution < -0.4 is 19.7 Å². The van der Waals surface area contributed by atoms with Crippen LogP contribution in [0.4, 0.5) is 0 Å². The Morgan fingerprint density at radius 3 is 1.27 bits per heavy atom. The molecule has 0 radical (unpaired) electrons. The summed E-state index contributed by atoms with van der Waals surface area (Å²) in [6.07, 6.45) is 1.97. The Balaban J connectivity index is 0.000000218. The average molecular weight is 917 g/mol. The van der Waals surface area contributed by atoms with Gasteiger partial charge in [-0.1, -0.05) is 133 Å². The second-order valence-electron chi connectivity index (χ2n) is 16.9. The Morgan fingerprint density at radius 1 is 0.522 bits per heavy atom. The first-order valence-electron chi connectivity index (χ1n) is 22.6.